The first-order chi connectivity index (χ1) is 7.63. The normalized spacial score (nSPS) is 25.7. The molecule has 0 radical (unpaired) electrons. The topological polar surface area (TPSA) is 15.3 Å². The van der Waals surface area contributed by atoms with Crippen LogP contribution in [0.3, 0.4) is 0 Å². The Hall–Kier alpha value is 0.270. The second kappa shape index (κ2) is 7.57. The predicted octanol–water partition coefficient (Wildman–Crippen LogP) is 2.59. The molecule has 1 rings (SSSR count). The van der Waals surface area contributed by atoms with Crippen LogP contribution >= 0.6 is 11.8 Å². The van der Waals surface area contributed by atoms with Gasteiger partial charge >= 0.3 is 0 Å². The molecule has 16 heavy (non-hydrogen) atoms. The van der Waals surface area contributed by atoms with Gasteiger partial charge in [-0.25, -0.2) is 0 Å². The summed E-state index contributed by atoms with van der Waals surface area (Å²) in [5.74, 6) is 0. The van der Waals surface area contributed by atoms with Crippen molar-refractivity contribution in [1.29, 1.82) is 0 Å². The van der Waals surface area contributed by atoms with E-state index in [2.05, 4.69) is 37.2 Å². The lowest BCUT2D eigenvalue weighted by Crippen LogP contribution is -2.36. The van der Waals surface area contributed by atoms with Gasteiger partial charge in [0.1, 0.15) is 0 Å². The zero-order valence-corrected chi connectivity index (χ0v) is 12.1. The third-order valence-corrected chi connectivity index (χ3v) is 4.56. The van der Waals surface area contributed by atoms with E-state index in [0.29, 0.717) is 6.04 Å². The first-order valence-electron chi connectivity index (χ1n) is 6.63. The van der Waals surface area contributed by atoms with Gasteiger partial charge in [-0.2, -0.15) is 11.8 Å². The summed E-state index contributed by atoms with van der Waals surface area (Å²) in [5, 5.41) is 4.46. The maximum Gasteiger partial charge on any atom is 0.0141 e. The Morgan fingerprint density at radius 3 is 2.62 bits per heavy atom. The average molecular weight is 244 g/mol. The summed E-state index contributed by atoms with van der Waals surface area (Å²) in [6.45, 7) is 10.6. The molecule has 1 N–H and O–H groups in total. The summed E-state index contributed by atoms with van der Waals surface area (Å²) in [5.41, 5.74) is 0. The molecule has 0 aromatic heterocycles. The van der Waals surface area contributed by atoms with Crippen LogP contribution in [-0.4, -0.2) is 48.1 Å². The van der Waals surface area contributed by atoms with Gasteiger partial charge in [0.15, 0.2) is 0 Å². The Labute approximate surface area is 106 Å². The first kappa shape index (κ1) is 14.3. The van der Waals surface area contributed by atoms with Crippen molar-refractivity contribution in [1.82, 2.24) is 10.2 Å². The molecule has 2 nitrogen and oxygen atoms in total. The Morgan fingerprint density at radius 2 is 2.00 bits per heavy atom. The summed E-state index contributed by atoms with van der Waals surface area (Å²) in [4.78, 5) is 2.61. The largest absolute Gasteiger partial charge is 0.313 e. The zero-order chi connectivity index (χ0) is 12.0. The van der Waals surface area contributed by atoms with Crippen LogP contribution in [0.25, 0.3) is 0 Å². The fourth-order valence-electron chi connectivity index (χ4n) is 2.26. The Bertz CT molecular complexity index is 185. The predicted molar refractivity (Wildman–Crippen MR) is 75.3 cm³/mol. The van der Waals surface area contributed by atoms with E-state index in [-0.39, 0.29) is 0 Å². The van der Waals surface area contributed by atoms with Gasteiger partial charge < -0.3 is 10.2 Å². The van der Waals surface area contributed by atoms with E-state index < -0.39 is 0 Å². The lowest BCUT2D eigenvalue weighted by atomic mass is 10.1. The molecule has 2 atom stereocenters. The van der Waals surface area contributed by atoms with Crippen molar-refractivity contribution in [2.24, 2.45) is 0 Å². The Morgan fingerprint density at radius 1 is 1.25 bits per heavy atom. The fraction of sp³-hybridized carbons (Fsp3) is 1.00. The molecule has 1 saturated heterocycles. The smallest absolute Gasteiger partial charge is 0.0141 e. The molecule has 0 spiro atoms. The van der Waals surface area contributed by atoms with Crippen molar-refractivity contribution in [3.05, 3.63) is 0 Å². The van der Waals surface area contributed by atoms with Gasteiger partial charge in [-0.05, 0) is 52.5 Å². The van der Waals surface area contributed by atoms with Gasteiger partial charge in [-0.3, -0.25) is 0 Å². The third kappa shape index (κ3) is 5.07. The lowest BCUT2D eigenvalue weighted by Gasteiger charge is -2.24. The molecule has 0 amide bonds. The molecule has 1 heterocycles. The number of likely N-dealkylation sites (tertiary alicyclic amines) is 1. The molecule has 0 saturated carbocycles. The van der Waals surface area contributed by atoms with Crippen molar-refractivity contribution < 1.29 is 0 Å². The van der Waals surface area contributed by atoms with E-state index in [1.807, 2.05) is 11.8 Å². The standard InChI is InChI=1S/C13H28N2S/c1-11(2)15-8-5-6-13(7-9-15)14-10-12(3)16-4/h11-14H,5-10H2,1-4H3. The molecule has 1 aliphatic rings. The second-order valence-electron chi connectivity index (χ2n) is 5.21. The van der Waals surface area contributed by atoms with Gasteiger partial charge in [0, 0.05) is 23.9 Å². The maximum absolute atomic E-state index is 3.72. The van der Waals surface area contributed by atoms with E-state index >= 15 is 0 Å². The van der Waals surface area contributed by atoms with Gasteiger partial charge in [0.25, 0.3) is 0 Å². The number of hydrogen-bond donors (Lipinski definition) is 1. The molecular formula is C13H28N2S. The SMILES string of the molecule is CSC(C)CNC1CCCN(C(C)C)CC1. The molecule has 0 aromatic carbocycles. The molecule has 0 bridgehead atoms. The van der Waals surface area contributed by atoms with Crippen LogP contribution in [-0.2, 0) is 0 Å². The highest BCUT2D eigenvalue weighted by Crippen LogP contribution is 2.14. The van der Waals surface area contributed by atoms with E-state index in [1.54, 1.807) is 0 Å². The molecule has 1 aliphatic heterocycles. The van der Waals surface area contributed by atoms with Crippen molar-refractivity contribution in [3.63, 3.8) is 0 Å². The van der Waals surface area contributed by atoms with Gasteiger partial charge in [-0.1, -0.05) is 6.92 Å². The molecule has 0 aliphatic carbocycles. The van der Waals surface area contributed by atoms with E-state index in [0.717, 1.165) is 17.8 Å². The number of nitrogens with zero attached hydrogens (tertiary/aromatic N) is 1. The van der Waals surface area contributed by atoms with Crippen LogP contribution in [0.4, 0.5) is 0 Å². The monoisotopic (exact) mass is 244 g/mol. The molecule has 1 fully saturated rings. The molecule has 96 valence electrons. The maximum atomic E-state index is 3.72. The van der Waals surface area contributed by atoms with E-state index in [9.17, 15) is 0 Å². The third-order valence-electron chi connectivity index (χ3n) is 3.59. The highest BCUT2D eigenvalue weighted by atomic mass is 32.2. The van der Waals surface area contributed by atoms with E-state index in [4.69, 9.17) is 0 Å². The van der Waals surface area contributed by atoms with Crippen LogP contribution in [0.15, 0.2) is 0 Å². The first-order valence-corrected chi connectivity index (χ1v) is 7.92. The van der Waals surface area contributed by atoms with Crippen molar-refractivity contribution >= 4 is 11.8 Å². The molecule has 3 heteroatoms. The van der Waals surface area contributed by atoms with Gasteiger partial charge in [0.05, 0.1) is 0 Å². The highest BCUT2D eigenvalue weighted by molar-refractivity contribution is 7.99. The highest BCUT2D eigenvalue weighted by Gasteiger charge is 2.18. The quantitative estimate of drug-likeness (QED) is 0.800. The van der Waals surface area contributed by atoms with Crippen molar-refractivity contribution in [3.8, 4) is 0 Å². The number of thioether (sulfide) groups is 1. The van der Waals surface area contributed by atoms with Crippen LogP contribution in [0.2, 0.25) is 0 Å². The summed E-state index contributed by atoms with van der Waals surface area (Å²) in [7, 11) is 0. The summed E-state index contributed by atoms with van der Waals surface area (Å²) in [6.07, 6.45) is 6.22. The van der Waals surface area contributed by atoms with Crippen molar-refractivity contribution in [2.45, 2.75) is 57.4 Å². The fourth-order valence-corrected chi connectivity index (χ4v) is 2.52. The average Bonchev–Trinajstić information content (AvgIpc) is 2.51. The van der Waals surface area contributed by atoms with Crippen molar-refractivity contribution in [2.75, 3.05) is 25.9 Å². The zero-order valence-electron chi connectivity index (χ0n) is 11.3. The molecular weight excluding hydrogens is 216 g/mol. The van der Waals surface area contributed by atoms with Crippen LogP contribution in [0.5, 0.6) is 0 Å². The number of rotatable bonds is 5. The van der Waals surface area contributed by atoms with Gasteiger partial charge in [-0.15, -0.1) is 0 Å². The van der Waals surface area contributed by atoms with Gasteiger partial charge in [0.2, 0.25) is 0 Å². The minimum atomic E-state index is 0.712. The summed E-state index contributed by atoms with van der Waals surface area (Å²) >= 11 is 1.95. The summed E-state index contributed by atoms with van der Waals surface area (Å²) in [6, 6.07) is 1.46. The Kier molecular flexibility index (Phi) is 6.78. The number of hydrogen-bond acceptors (Lipinski definition) is 3. The van der Waals surface area contributed by atoms with Crippen LogP contribution in [0, 0.1) is 0 Å². The number of nitrogens with one attached hydrogen (secondary N) is 1. The Balaban J connectivity index is 2.25. The van der Waals surface area contributed by atoms with Crippen LogP contribution in [0.1, 0.15) is 40.0 Å². The molecule has 0 aromatic rings. The minimum Gasteiger partial charge on any atom is -0.313 e. The molecule has 2 unspecified atom stereocenters. The minimum absolute atomic E-state index is 0.712. The summed E-state index contributed by atoms with van der Waals surface area (Å²) < 4.78 is 0. The lowest BCUT2D eigenvalue weighted by molar-refractivity contribution is 0.229. The second-order valence-corrected chi connectivity index (χ2v) is 6.49. The van der Waals surface area contributed by atoms with E-state index in [1.165, 1.54) is 32.4 Å². The van der Waals surface area contributed by atoms with Crippen LogP contribution < -0.4 is 5.32 Å².